The first-order valence-electron chi connectivity index (χ1n) is 9.96. The van der Waals surface area contributed by atoms with Crippen LogP contribution in [0.5, 0.6) is 5.88 Å². The number of hydrogen-bond donors (Lipinski definition) is 1. The molecule has 9 heteroatoms. The summed E-state index contributed by atoms with van der Waals surface area (Å²) in [5.74, 6) is 0.176. The number of hydrogen-bond acceptors (Lipinski definition) is 7. The van der Waals surface area contributed by atoms with Crippen molar-refractivity contribution < 1.29 is 23.4 Å². The van der Waals surface area contributed by atoms with Crippen molar-refractivity contribution in [2.75, 3.05) is 57.4 Å². The molecule has 0 aliphatic carbocycles. The predicted molar refractivity (Wildman–Crippen MR) is 105 cm³/mol. The molecular formula is C20H26F2N4O3. The third kappa shape index (κ3) is 4.91. The van der Waals surface area contributed by atoms with E-state index >= 15 is 0 Å². The number of alkyl halides is 2. The van der Waals surface area contributed by atoms with Gasteiger partial charge in [-0.1, -0.05) is 0 Å². The molecule has 0 amide bonds. The molecule has 7 nitrogen and oxygen atoms in total. The van der Waals surface area contributed by atoms with Crippen LogP contribution in [0.3, 0.4) is 0 Å². The molecule has 0 saturated carbocycles. The minimum absolute atomic E-state index is 0.176. The zero-order valence-corrected chi connectivity index (χ0v) is 16.3. The van der Waals surface area contributed by atoms with Gasteiger partial charge in [0.2, 0.25) is 5.88 Å². The Labute approximate surface area is 168 Å². The molecule has 1 aromatic carbocycles. The van der Waals surface area contributed by atoms with E-state index in [1.54, 1.807) is 0 Å². The number of anilines is 1. The van der Waals surface area contributed by atoms with Crippen molar-refractivity contribution in [2.24, 2.45) is 0 Å². The van der Waals surface area contributed by atoms with E-state index in [0.29, 0.717) is 24.1 Å². The maximum atomic E-state index is 12.5. The van der Waals surface area contributed by atoms with Crippen LogP contribution < -0.4 is 9.64 Å². The van der Waals surface area contributed by atoms with Crippen LogP contribution in [0.4, 0.5) is 14.5 Å². The summed E-state index contributed by atoms with van der Waals surface area (Å²) in [6.45, 7) is 4.34. The fourth-order valence-electron chi connectivity index (χ4n) is 4.02. The normalized spacial score (nSPS) is 23.7. The summed E-state index contributed by atoms with van der Waals surface area (Å²) in [5.41, 5.74) is 0.886. The van der Waals surface area contributed by atoms with Gasteiger partial charge in [0.1, 0.15) is 11.9 Å². The lowest BCUT2D eigenvalue weighted by molar-refractivity contribution is -0.100. The van der Waals surface area contributed by atoms with E-state index < -0.39 is 18.6 Å². The minimum atomic E-state index is -2.55. The molecule has 2 fully saturated rings. The molecule has 2 saturated heterocycles. The van der Waals surface area contributed by atoms with Gasteiger partial charge in [-0.25, -0.2) is 18.7 Å². The Kier molecular flexibility index (Phi) is 6.07. The highest BCUT2D eigenvalue weighted by atomic mass is 19.3. The molecule has 158 valence electrons. The van der Waals surface area contributed by atoms with E-state index in [1.807, 2.05) is 18.2 Å². The lowest BCUT2D eigenvalue weighted by Crippen LogP contribution is -2.54. The van der Waals surface area contributed by atoms with Crippen molar-refractivity contribution >= 4 is 16.6 Å². The van der Waals surface area contributed by atoms with Crippen molar-refractivity contribution in [3.8, 4) is 5.88 Å². The number of nitrogens with zero attached hydrogens (tertiary/aromatic N) is 4. The van der Waals surface area contributed by atoms with Gasteiger partial charge in [-0.05, 0) is 31.0 Å². The van der Waals surface area contributed by atoms with Crippen LogP contribution in [0.2, 0.25) is 0 Å². The Bertz CT molecular complexity index is 824. The van der Waals surface area contributed by atoms with E-state index in [9.17, 15) is 13.9 Å². The molecule has 0 spiro atoms. The third-order valence-corrected chi connectivity index (χ3v) is 5.49. The zero-order chi connectivity index (χ0) is 20.3. The highest BCUT2D eigenvalue weighted by molar-refractivity contribution is 5.86. The molecule has 1 N–H and O–H groups in total. The van der Waals surface area contributed by atoms with Gasteiger partial charge in [0, 0.05) is 45.0 Å². The summed E-state index contributed by atoms with van der Waals surface area (Å²) in [6, 6.07) is 5.73. The van der Waals surface area contributed by atoms with Gasteiger partial charge in [0.25, 0.3) is 6.43 Å². The van der Waals surface area contributed by atoms with Crippen LogP contribution in [0, 0.1) is 0 Å². The standard InChI is InChI=1S/C20H26F2N4O3/c21-18(22)11-29-19-16-10-15(2-3-17(16)23-14-24-19)26-7-5-25(6-8-26)12-20(27)4-1-9-28-13-20/h2-3,10,14,18,27H,1,4-9,11-13H2. The molecule has 0 radical (unpaired) electrons. The molecule has 1 unspecified atom stereocenters. The molecule has 29 heavy (non-hydrogen) atoms. The topological polar surface area (TPSA) is 71.0 Å². The fraction of sp³-hybridized carbons (Fsp3) is 0.600. The fourth-order valence-corrected chi connectivity index (χ4v) is 4.02. The second-order valence-corrected chi connectivity index (χ2v) is 7.73. The second kappa shape index (κ2) is 8.73. The predicted octanol–water partition coefficient (Wildman–Crippen LogP) is 1.94. The summed E-state index contributed by atoms with van der Waals surface area (Å²) in [6.07, 6.45) is 0.437. The van der Waals surface area contributed by atoms with Crippen LogP contribution in [-0.2, 0) is 4.74 Å². The Morgan fingerprint density at radius 1 is 1.21 bits per heavy atom. The Morgan fingerprint density at radius 3 is 2.76 bits per heavy atom. The van der Waals surface area contributed by atoms with Crippen molar-refractivity contribution in [1.82, 2.24) is 14.9 Å². The summed E-state index contributed by atoms with van der Waals surface area (Å²) in [5, 5.41) is 11.3. The number of rotatable bonds is 6. The maximum absolute atomic E-state index is 12.5. The molecule has 2 aliphatic heterocycles. The number of aromatic nitrogens is 2. The molecular weight excluding hydrogens is 382 g/mol. The van der Waals surface area contributed by atoms with Crippen molar-refractivity contribution in [1.29, 1.82) is 0 Å². The van der Waals surface area contributed by atoms with Crippen molar-refractivity contribution in [3.05, 3.63) is 24.5 Å². The van der Waals surface area contributed by atoms with Gasteiger partial charge in [-0.3, -0.25) is 4.90 Å². The highest BCUT2D eigenvalue weighted by Gasteiger charge is 2.33. The van der Waals surface area contributed by atoms with Crippen LogP contribution in [0.25, 0.3) is 10.9 Å². The van der Waals surface area contributed by atoms with Crippen LogP contribution in [0.1, 0.15) is 12.8 Å². The smallest absolute Gasteiger partial charge is 0.272 e. The molecule has 4 rings (SSSR count). The Hall–Kier alpha value is -2.10. The quantitative estimate of drug-likeness (QED) is 0.783. The average Bonchev–Trinajstić information content (AvgIpc) is 2.72. The van der Waals surface area contributed by atoms with E-state index in [-0.39, 0.29) is 5.88 Å². The van der Waals surface area contributed by atoms with E-state index in [0.717, 1.165) is 51.3 Å². The van der Waals surface area contributed by atoms with Crippen LogP contribution in [0.15, 0.2) is 24.5 Å². The second-order valence-electron chi connectivity index (χ2n) is 7.73. The van der Waals surface area contributed by atoms with Crippen LogP contribution >= 0.6 is 0 Å². The van der Waals surface area contributed by atoms with Crippen molar-refractivity contribution in [2.45, 2.75) is 24.9 Å². The molecule has 3 heterocycles. The number of β-amino-alcohol motifs (C(OH)–C–C–N with tert-alkyl or cyclic N) is 1. The SMILES string of the molecule is OC1(CN2CCN(c3ccc4ncnc(OCC(F)F)c4c3)CC2)CCCOC1. The van der Waals surface area contributed by atoms with E-state index in [2.05, 4.69) is 19.8 Å². The Balaban J connectivity index is 1.42. The Morgan fingerprint density at radius 2 is 2.03 bits per heavy atom. The summed E-state index contributed by atoms with van der Waals surface area (Å²) in [4.78, 5) is 12.7. The number of aliphatic hydroxyl groups is 1. The lowest BCUT2D eigenvalue weighted by Gasteiger charge is -2.41. The molecule has 1 atom stereocenters. The number of halogens is 2. The molecule has 2 aliphatic rings. The lowest BCUT2D eigenvalue weighted by atomic mass is 9.96. The number of ether oxygens (including phenoxy) is 2. The number of benzene rings is 1. The van der Waals surface area contributed by atoms with E-state index in [4.69, 9.17) is 9.47 Å². The van der Waals surface area contributed by atoms with Crippen molar-refractivity contribution in [3.63, 3.8) is 0 Å². The summed E-state index contributed by atoms with van der Waals surface area (Å²) >= 11 is 0. The van der Waals surface area contributed by atoms with Gasteiger partial charge in [-0.15, -0.1) is 0 Å². The van der Waals surface area contributed by atoms with Gasteiger partial charge in [0.15, 0.2) is 6.61 Å². The molecule has 1 aromatic heterocycles. The van der Waals surface area contributed by atoms with Gasteiger partial charge in [0.05, 0.1) is 17.5 Å². The van der Waals surface area contributed by atoms with Crippen LogP contribution in [-0.4, -0.2) is 84.5 Å². The molecule has 2 aromatic rings. The maximum Gasteiger partial charge on any atom is 0.272 e. The summed E-state index contributed by atoms with van der Waals surface area (Å²) < 4.78 is 35.6. The monoisotopic (exact) mass is 408 g/mol. The highest BCUT2D eigenvalue weighted by Crippen LogP contribution is 2.28. The minimum Gasteiger partial charge on any atom is -0.471 e. The first kappa shape index (κ1) is 20.2. The largest absolute Gasteiger partial charge is 0.471 e. The number of piperazine rings is 1. The van der Waals surface area contributed by atoms with E-state index in [1.165, 1.54) is 6.33 Å². The van der Waals surface area contributed by atoms with Gasteiger partial charge >= 0.3 is 0 Å². The average molecular weight is 408 g/mol. The first-order chi connectivity index (χ1) is 14.0. The zero-order valence-electron chi connectivity index (χ0n) is 16.3. The third-order valence-electron chi connectivity index (χ3n) is 5.49. The first-order valence-corrected chi connectivity index (χ1v) is 9.96. The summed E-state index contributed by atoms with van der Waals surface area (Å²) in [7, 11) is 0. The van der Waals surface area contributed by atoms with Gasteiger partial charge in [-0.2, -0.15) is 0 Å². The molecule has 0 bridgehead atoms. The number of fused-ring (bicyclic) bond motifs is 1. The van der Waals surface area contributed by atoms with Gasteiger partial charge < -0.3 is 19.5 Å².